The Labute approximate surface area is 138 Å². The van der Waals surface area contributed by atoms with Crippen LogP contribution in [-0.2, 0) is 17.9 Å². The molecule has 0 saturated heterocycles. The van der Waals surface area contributed by atoms with Crippen LogP contribution >= 0.6 is 0 Å². The minimum Gasteiger partial charge on any atom is -0.352 e. The monoisotopic (exact) mass is 311 g/mol. The Morgan fingerprint density at radius 2 is 1.87 bits per heavy atom. The molecule has 0 spiro atoms. The van der Waals surface area contributed by atoms with E-state index in [4.69, 9.17) is 0 Å². The maximum atomic E-state index is 11.8. The zero-order valence-corrected chi connectivity index (χ0v) is 14.1. The van der Waals surface area contributed by atoms with Gasteiger partial charge >= 0.3 is 0 Å². The van der Waals surface area contributed by atoms with Crippen LogP contribution in [0.15, 0.2) is 36.7 Å². The Morgan fingerprint density at radius 1 is 1.09 bits per heavy atom. The van der Waals surface area contributed by atoms with Crippen LogP contribution in [0.1, 0.15) is 34.2 Å². The van der Waals surface area contributed by atoms with E-state index in [1.807, 2.05) is 12.1 Å². The van der Waals surface area contributed by atoms with Gasteiger partial charge in [0.1, 0.15) is 0 Å². The molecule has 0 saturated carbocycles. The zero-order valence-electron chi connectivity index (χ0n) is 14.1. The summed E-state index contributed by atoms with van der Waals surface area (Å²) in [7, 11) is 0. The van der Waals surface area contributed by atoms with Crippen molar-refractivity contribution in [3.8, 4) is 0 Å². The van der Waals surface area contributed by atoms with Crippen LogP contribution in [0.4, 0.5) is 0 Å². The van der Waals surface area contributed by atoms with E-state index in [1.54, 1.807) is 12.4 Å². The van der Waals surface area contributed by atoms with Crippen molar-refractivity contribution in [3.05, 3.63) is 64.5 Å². The lowest BCUT2D eigenvalue weighted by Gasteiger charge is -2.11. The lowest BCUT2D eigenvalue weighted by Crippen LogP contribution is -2.27. The summed E-state index contributed by atoms with van der Waals surface area (Å²) in [5.74, 6) is 0.0539. The number of amides is 1. The van der Waals surface area contributed by atoms with Gasteiger partial charge in [-0.3, -0.25) is 9.78 Å². The molecule has 0 aliphatic heterocycles. The van der Waals surface area contributed by atoms with Crippen LogP contribution in [0.3, 0.4) is 0 Å². The number of hydrogen-bond acceptors (Lipinski definition) is 3. The largest absolute Gasteiger partial charge is 0.352 e. The second kappa shape index (κ2) is 8.44. The molecule has 1 aromatic carbocycles. The standard InChI is InChI=1S/C19H25N3O/c1-14-9-16(3)18(10-15(14)2)13-21-8-6-19(23)22-12-17-5-4-7-20-11-17/h4-5,7,9-11,21H,6,8,12-13H2,1-3H3,(H,22,23). The Morgan fingerprint density at radius 3 is 2.61 bits per heavy atom. The topological polar surface area (TPSA) is 54.0 Å². The van der Waals surface area contributed by atoms with Crippen LogP contribution in [0, 0.1) is 20.8 Å². The average molecular weight is 311 g/mol. The van der Waals surface area contributed by atoms with Crippen LogP contribution in [-0.4, -0.2) is 17.4 Å². The molecule has 23 heavy (non-hydrogen) atoms. The highest BCUT2D eigenvalue weighted by Gasteiger charge is 2.04. The summed E-state index contributed by atoms with van der Waals surface area (Å²) in [5, 5.41) is 6.25. The van der Waals surface area contributed by atoms with Gasteiger partial charge in [0.2, 0.25) is 5.91 Å². The van der Waals surface area contributed by atoms with Gasteiger partial charge in [0.15, 0.2) is 0 Å². The Hall–Kier alpha value is -2.20. The molecule has 0 radical (unpaired) electrons. The molecule has 0 atom stereocenters. The normalized spacial score (nSPS) is 10.6. The first-order valence-corrected chi connectivity index (χ1v) is 7.99. The summed E-state index contributed by atoms with van der Waals surface area (Å²) in [5.41, 5.74) is 6.23. The SMILES string of the molecule is Cc1cc(C)c(CNCCC(=O)NCc2cccnc2)cc1C. The van der Waals surface area contributed by atoms with Crippen molar-refractivity contribution < 1.29 is 4.79 Å². The number of aryl methyl sites for hydroxylation is 3. The number of hydrogen-bond donors (Lipinski definition) is 2. The quantitative estimate of drug-likeness (QED) is 0.773. The molecule has 0 unspecified atom stereocenters. The van der Waals surface area contributed by atoms with E-state index in [0.29, 0.717) is 19.5 Å². The summed E-state index contributed by atoms with van der Waals surface area (Å²) in [4.78, 5) is 15.9. The van der Waals surface area contributed by atoms with Gasteiger partial charge in [-0.2, -0.15) is 0 Å². The van der Waals surface area contributed by atoms with E-state index in [1.165, 1.54) is 22.3 Å². The molecular formula is C19H25N3O. The van der Waals surface area contributed by atoms with Crippen molar-refractivity contribution in [1.29, 1.82) is 0 Å². The van der Waals surface area contributed by atoms with Gasteiger partial charge in [0.05, 0.1) is 0 Å². The lowest BCUT2D eigenvalue weighted by atomic mass is 10.0. The van der Waals surface area contributed by atoms with Crippen molar-refractivity contribution >= 4 is 5.91 Å². The van der Waals surface area contributed by atoms with Gasteiger partial charge < -0.3 is 10.6 Å². The highest BCUT2D eigenvalue weighted by molar-refractivity contribution is 5.76. The second-order valence-corrected chi connectivity index (χ2v) is 5.93. The molecule has 1 amide bonds. The molecule has 4 nitrogen and oxygen atoms in total. The van der Waals surface area contributed by atoms with Crippen LogP contribution < -0.4 is 10.6 Å². The molecular weight excluding hydrogens is 286 g/mol. The number of nitrogens with one attached hydrogen (secondary N) is 2. The van der Waals surface area contributed by atoms with E-state index >= 15 is 0 Å². The van der Waals surface area contributed by atoms with E-state index in [2.05, 4.69) is 48.5 Å². The number of rotatable bonds is 7. The van der Waals surface area contributed by atoms with Gasteiger partial charge in [-0.05, 0) is 54.7 Å². The Balaban J connectivity index is 1.69. The maximum absolute atomic E-state index is 11.8. The van der Waals surface area contributed by atoms with Crippen molar-refractivity contribution in [2.45, 2.75) is 40.3 Å². The van der Waals surface area contributed by atoms with Crippen molar-refractivity contribution in [1.82, 2.24) is 15.6 Å². The predicted molar refractivity (Wildman–Crippen MR) is 93.1 cm³/mol. The highest BCUT2D eigenvalue weighted by Crippen LogP contribution is 2.14. The van der Waals surface area contributed by atoms with Gasteiger partial charge in [0.25, 0.3) is 0 Å². The lowest BCUT2D eigenvalue weighted by molar-refractivity contribution is -0.121. The zero-order chi connectivity index (χ0) is 16.7. The fraction of sp³-hybridized carbons (Fsp3) is 0.368. The van der Waals surface area contributed by atoms with Crippen molar-refractivity contribution in [2.75, 3.05) is 6.54 Å². The maximum Gasteiger partial charge on any atom is 0.221 e. The molecule has 2 N–H and O–H groups in total. The van der Waals surface area contributed by atoms with Gasteiger partial charge in [-0.25, -0.2) is 0 Å². The fourth-order valence-electron chi connectivity index (χ4n) is 2.43. The first kappa shape index (κ1) is 17.2. The third-order valence-corrected chi connectivity index (χ3v) is 4.01. The number of pyridine rings is 1. The highest BCUT2D eigenvalue weighted by atomic mass is 16.1. The van der Waals surface area contributed by atoms with E-state index in [9.17, 15) is 4.79 Å². The Bertz CT molecular complexity index is 653. The van der Waals surface area contributed by atoms with Crippen LogP contribution in [0.5, 0.6) is 0 Å². The summed E-state index contributed by atoms with van der Waals surface area (Å²) < 4.78 is 0. The summed E-state index contributed by atoms with van der Waals surface area (Å²) in [6.07, 6.45) is 3.97. The Kier molecular flexibility index (Phi) is 6.29. The first-order chi connectivity index (χ1) is 11.1. The molecule has 2 rings (SSSR count). The summed E-state index contributed by atoms with van der Waals surface area (Å²) >= 11 is 0. The third-order valence-electron chi connectivity index (χ3n) is 4.01. The smallest absolute Gasteiger partial charge is 0.221 e. The number of aromatic nitrogens is 1. The third kappa shape index (κ3) is 5.49. The number of nitrogens with zero attached hydrogens (tertiary/aromatic N) is 1. The summed E-state index contributed by atoms with van der Waals surface area (Å²) in [6, 6.07) is 8.26. The molecule has 2 aromatic rings. The van der Waals surface area contributed by atoms with Crippen LogP contribution in [0.25, 0.3) is 0 Å². The minimum absolute atomic E-state index is 0.0539. The second-order valence-electron chi connectivity index (χ2n) is 5.93. The molecule has 1 heterocycles. The van der Waals surface area contributed by atoms with E-state index in [-0.39, 0.29) is 5.91 Å². The number of carbonyl (C=O) groups is 1. The first-order valence-electron chi connectivity index (χ1n) is 7.99. The van der Waals surface area contributed by atoms with Gasteiger partial charge in [-0.15, -0.1) is 0 Å². The van der Waals surface area contributed by atoms with Crippen molar-refractivity contribution in [3.63, 3.8) is 0 Å². The minimum atomic E-state index is 0.0539. The molecule has 122 valence electrons. The average Bonchev–Trinajstić information content (AvgIpc) is 2.55. The van der Waals surface area contributed by atoms with Crippen molar-refractivity contribution in [2.24, 2.45) is 0 Å². The van der Waals surface area contributed by atoms with Gasteiger partial charge in [0, 0.05) is 38.4 Å². The number of carbonyl (C=O) groups excluding carboxylic acids is 1. The summed E-state index contributed by atoms with van der Waals surface area (Å²) in [6.45, 7) is 8.39. The molecule has 0 aliphatic rings. The van der Waals surface area contributed by atoms with E-state index < -0.39 is 0 Å². The molecule has 1 aromatic heterocycles. The predicted octanol–water partition coefficient (Wildman–Crippen LogP) is 2.80. The number of benzene rings is 1. The van der Waals surface area contributed by atoms with E-state index in [0.717, 1.165) is 12.1 Å². The van der Waals surface area contributed by atoms with Crippen LogP contribution in [0.2, 0.25) is 0 Å². The molecule has 0 bridgehead atoms. The molecule has 0 aliphatic carbocycles. The fourth-order valence-corrected chi connectivity index (χ4v) is 2.43. The molecule has 0 fully saturated rings. The molecule has 4 heteroatoms. The van der Waals surface area contributed by atoms with Gasteiger partial charge in [-0.1, -0.05) is 18.2 Å².